The predicted octanol–water partition coefficient (Wildman–Crippen LogP) is 5.93. The zero-order chi connectivity index (χ0) is 27.1. The number of hydrogen-bond acceptors (Lipinski definition) is 6. The molecule has 8 heteroatoms. The first-order valence-electron chi connectivity index (χ1n) is 12.6. The third kappa shape index (κ3) is 6.88. The minimum Gasteiger partial charge on any atom is -0.492 e. The van der Waals surface area contributed by atoms with Gasteiger partial charge in [0.05, 0.1) is 31.3 Å². The number of carbonyl (C=O) groups excluding carboxylic acids is 1. The number of nitriles is 1. The van der Waals surface area contributed by atoms with Crippen LogP contribution in [0.1, 0.15) is 40.9 Å². The molecule has 0 saturated heterocycles. The highest BCUT2D eigenvalue weighted by Gasteiger charge is 2.17. The Bertz CT molecular complexity index is 1420. The van der Waals surface area contributed by atoms with Crippen molar-refractivity contribution >= 4 is 17.2 Å². The molecule has 0 aliphatic carbocycles. The zero-order valence-electron chi connectivity index (χ0n) is 22.3. The molecule has 0 radical (unpaired) electrons. The Balaban J connectivity index is 1.58. The van der Waals surface area contributed by atoms with Crippen LogP contribution in [0.25, 0.3) is 21.6 Å². The highest BCUT2D eigenvalue weighted by atomic mass is 32.1. The van der Waals surface area contributed by atoms with Crippen molar-refractivity contribution in [3.8, 4) is 33.4 Å². The molecule has 0 fully saturated rings. The van der Waals surface area contributed by atoms with Gasteiger partial charge in [-0.3, -0.25) is 9.48 Å². The Morgan fingerprint density at radius 2 is 2.00 bits per heavy atom. The molecule has 0 unspecified atom stereocenters. The van der Waals surface area contributed by atoms with Gasteiger partial charge in [0.1, 0.15) is 12.4 Å². The Morgan fingerprint density at radius 1 is 1.18 bits per heavy atom. The van der Waals surface area contributed by atoms with E-state index in [1.54, 1.807) is 16.0 Å². The van der Waals surface area contributed by atoms with E-state index in [1.807, 2.05) is 64.6 Å². The van der Waals surface area contributed by atoms with Crippen LogP contribution in [0.5, 0.6) is 5.75 Å². The molecule has 38 heavy (non-hydrogen) atoms. The molecule has 0 aliphatic heterocycles. The summed E-state index contributed by atoms with van der Waals surface area (Å²) in [6.45, 7) is 5.84. The summed E-state index contributed by atoms with van der Waals surface area (Å²) < 4.78 is 7.64. The summed E-state index contributed by atoms with van der Waals surface area (Å²) in [7, 11) is 4.00. The second-order valence-electron chi connectivity index (χ2n) is 9.54. The van der Waals surface area contributed by atoms with Gasteiger partial charge < -0.3 is 15.0 Å². The number of rotatable bonds is 11. The number of likely N-dealkylation sites (N-methyl/N-ethyl adjacent to an activating group) is 1. The SMILES string of the molecule is Cc1ccc(OCCN(C)C)cc1C(=O)N[C@H](C)c1cc(-c2cnn(CCC#N)c2)cc(-c2cccs2)c1. The summed E-state index contributed by atoms with van der Waals surface area (Å²) >= 11 is 1.68. The minimum absolute atomic E-state index is 0.138. The first kappa shape index (κ1) is 27.1. The van der Waals surface area contributed by atoms with Gasteiger partial charge in [-0.25, -0.2) is 0 Å². The van der Waals surface area contributed by atoms with Crippen molar-refractivity contribution in [2.45, 2.75) is 32.9 Å². The molecule has 4 rings (SSSR count). The van der Waals surface area contributed by atoms with E-state index in [1.165, 1.54) is 0 Å². The standard InChI is InChI=1S/C30H33N5O2S/c1-21-8-9-27(37-13-12-34(3)4)18-28(21)30(36)33-22(2)23-15-24(17-25(16-23)29-7-5-14-38-29)26-19-32-35(20-26)11-6-10-31/h5,7-9,14-20,22H,6,11-13H2,1-4H3,(H,33,36)/t22-/m1/s1. The molecule has 1 atom stereocenters. The maximum Gasteiger partial charge on any atom is 0.252 e. The van der Waals surface area contributed by atoms with E-state index in [0.717, 1.165) is 39.2 Å². The Morgan fingerprint density at radius 3 is 2.74 bits per heavy atom. The number of carbonyl (C=O) groups is 1. The van der Waals surface area contributed by atoms with Crippen molar-refractivity contribution in [2.75, 3.05) is 27.2 Å². The smallest absolute Gasteiger partial charge is 0.252 e. The monoisotopic (exact) mass is 527 g/mol. The topological polar surface area (TPSA) is 83.2 Å². The quantitative estimate of drug-likeness (QED) is 0.261. The van der Waals surface area contributed by atoms with Gasteiger partial charge in [-0.15, -0.1) is 11.3 Å². The molecule has 0 bridgehead atoms. The van der Waals surface area contributed by atoms with Gasteiger partial charge in [-0.05, 0) is 92.0 Å². The lowest BCUT2D eigenvalue weighted by molar-refractivity contribution is 0.0938. The van der Waals surface area contributed by atoms with Crippen LogP contribution in [0.15, 0.2) is 66.3 Å². The van der Waals surface area contributed by atoms with Crippen molar-refractivity contribution in [2.24, 2.45) is 0 Å². The predicted molar refractivity (Wildman–Crippen MR) is 152 cm³/mol. The van der Waals surface area contributed by atoms with E-state index < -0.39 is 0 Å². The molecule has 1 amide bonds. The van der Waals surface area contributed by atoms with Crippen molar-refractivity contribution < 1.29 is 9.53 Å². The maximum absolute atomic E-state index is 13.3. The maximum atomic E-state index is 13.3. The zero-order valence-corrected chi connectivity index (χ0v) is 23.1. The van der Waals surface area contributed by atoms with Gasteiger partial charge in [0.2, 0.25) is 0 Å². The Kier molecular flexibility index (Phi) is 8.95. The summed E-state index contributed by atoms with van der Waals surface area (Å²) in [4.78, 5) is 16.6. The number of nitrogens with one attached hydrogen (secondary N) is 1. The average Bonchev–Trinajstić information content (AvgIpc) is 3.61. The molecule has 4 aromatic rings. The third-order valence-corrected chi connectivity index (χ3v) is 7.21. The van der Waals surface area contributed by atoms with Crippen LogP contribution in [-0.4, -0.2) is 47.8 Å². The lowest BCUT2D eigenvalue weighted by Crippen LogP contribution is -2.27. The largest absolute Gasteiger partial charge is 0.492 e. The first-order chi connectivity index (χ1) is 18.3. The third-order valence-electron chi connectivity index (χ3n) is 6.29. The Labute approximate surface area is 228 Å². The second-order valence-corrected chi connectivity index (χ2v) is 10.5. The number of nitrogens with zero attached hydrogens (tertiary/aromatic N) is 4. The molecule has 1 N–H and O–H groups in total. The highest BCUT2D eigenvalue weighted by Crippen LogP contribution is 2.33. The number of aryl methyl sites for hydroxylation is 2. The molecule has 196 valence electrons. The van der Waals surface area contributed by atoms with E-state index in [2.05, 4.69) is 51.0 Å². The number of thiophene rings is 1. The van der Waals surface area contributed by atoms with Crippen molar-refractivity contribution in [3.05, 3.63) is 83.0 Å². The lowest BCUT2D eigenvalue weighted by Gasteiger charge is -2.18. The van der Waals surface area contributed by atoms with E-state index >= 15 is 0 Å². The molecule has 0 spiro atoms. The summed E-state index contributed by atoms with van der Waals surface area (Å²) in [6, 6.07) is 18.1. The molecule has 2 heterocycles. The van der Waals surface area contributed by atoms with Crippen LogP contribution >= 0.6 is 11.3 Å². The fourth-order valence-corrected chi connectivity index (χ4v) is 4.81. The molecule has 2 aromatic carbocycles. The number of ether oxygens (including phenoxy) is 1. The van der Waals surface area contributed by atoms with Gasteiger partial charge in [0, 0.05) is 28.7 Å². The fraction of sp³-hybridized carbons (Fsp3) is 0.300. The van der Waals surface area contributed by atoms with Crippen LogP contribution < -0.4 is 10.1 Å². The van der Waals surface area contributed by atoms with E-state index in [-0.39, 0.29) is 11.9 Å². The normalized spacial score (nSPS) is 11.8. The van der Waals surface area contributed by atoms with Gasteiger partial charge >= 0.3 is 0 Å². The van der Waals surface area contributed by atoms with Gasteiger partial charge in [-0.1, -0.05) is 12.1 Å². The van der Waals surface area contributed by atoms with Crippen LogP contribution in [0.4, 0.5) is 0 Å². The summed E-state index contributed by atoms with van der Waals surface area (Å²) in [5.41, 5.74) is 5.58. The molecule has 2 aromatic heterocycles. The van der Waals surface area contributed by atoms with Gasteiger partial charge in [0.25, 0.3) is 5.91 Å². The lowest BCUT2D eigenvalue weighted by atomic mass is 9.97. The number of hydrogen-bond donors (Lipinski definition) is 1. The molecule has 7 nitrogen and oxygen atoms in total. The molecular weight excluding hydrogens is 494 g/mol. The Hall–Kier alpha value is -3.93. The van der Waals surface area contributed by atoms with Gasteiger partial charge in [-0.2, -0.15) is 10.4 Å². The summed E-state index contributed by atoms with van der Waals surface area (Å²) in [5, 5.41) is 18.6. The van der Waals surface area contributed by atoms with E-state index in [4.69, 9.17) is 10.00 Å². The second kappa shape index (κ2) is 12.5. The summed E-state index contributed by atoms with van der Waals surface area (Å²) in [6.07, 6.45) is 4.19. The minimum atomic E-state index is -0.229. The van der Waals surface area contributed by atoms with Crippen LogP contribution in [0.2, 0.25) is 0 Å². The van der Waals surface area contributed by atoms with Crippen LogP contribution in [-0.2, 0) is 6.54 Å². The van der Waals surface area contributed by atoms with Crippen molar-refractivity contribution in [1.82, 2.24) is 20.0 Å². The van der Waals surface area contributed by atoms with Crippen LogP contribution in [0, 0.1) is 18.3 Å². The molecule has 0 aliphatic rings. The van der Waals surface area contributed by atoms with E-state index in [9.17, 15) is 4.79 Å². The van der Waals surface area contributed by atoms with E-state index in [0.29, 0.717) is 30.9 Å². The average molecular weight is 528 g/mol. The number of amides is 1. The van der Waals surface area contributed by atoms with Crippen molar-refractivity contribution in [3.63, 3.8) is 0 Å². The summed E-state index contributed by atoms with van der Waals surface area (Å²) in [5.74, 6) is 0.547. The van der Waals surface area contributed by atoms with Crippen LogP contribution in [0.3, 0.4) is 0 Å². The van der Waals surface area contributed by atoms with Crippen molar-refractivity contribution in [1.29, 1.82) is 5.26 Å². The number of benzene rings is 2. The highest BCUT2D eigenvalue weighted by molar-refractivity contribution is 7.13. The number of aromatic nitrogens is 2. The first-order valence-corrected chi connectivity index (χ1v) is 13.5. The van der Waals surface area contributed by atoms with Gasteiger partial charge in [0.15, 0.2) is 0 Å². The molecular formula is C30H33N5O2S. The fourth-order valence-electron chi connectivity index (χ4n) is 4.09. The molecule has 0 saturated carbocycles.